The lowest BCUT2D eigenvalue weighted by molar-refractivity contribution is 0.884. The zero-order valence-corrected chi connectivity index (χ0v) is 15.5. The van der Waals surface area contributed by atoms with Gasteiger partial charge in [0.15, 0.2) is 0 Å². The van der Waals surface area contributed by atoms with Crippen molar-refractivity contribution in [2.24, 2.45) is 0 Å². The zero-order chi connectivity index (χ0) is 14.8. The summed E-state index contributed by atoms with van der Waals surface area (Å²) in [6, 6.07) is 13.0. The number of hydrogen-bond donors (Lipinski definition) is 0. The summed E-state index contributed by atoms with van der Waals surface area (Å²) in [6.45, 7) is 2.03. The van der Waals surface area contributed by atoms with Gasteiger partial charge in [0.05, 0.1) is 0 Å². The predicted octanol–water partition coefficient (Wildman–Crippen LogP) is 5.51. The van der Waals surface area contributed by atoms with Gasteiger partial charge in [0.25, 0.3) is 0 Å². The predicted molar refractivity (Wildman–Crippen MR) is 99.5 cm³/mol. The summed E-state index contributed by atoms with van der Waals surface area (Å²) in [5.41, 5.74) is 6.71. The van der Waals surface area contributed by atoms with Gasteiger partial charge < -0.3 is 4.90 Å². The van der Waals surface area contributed by atoms with Gasteiger partial charge >= 0.3 is 0 Å². The van der Waals surface area contributed by atoms with Gasteiger partial charge in [-0.15, -0.1) is 0 Å². The van der Waals surface area contributed by atoms with Crippen molar-refractivity contribution < 1.29 is 0 Å². The van der Waals surface area contributed by atoms with Gasteiger partial charge in [-0.3, -0.25) is 0 Å². The molecule has 21 heavy (non-hydrogen) atoms. The van der Waals surface area contributed by atoms with Crippen LogP contribution in [0, 0.1) is 0 Å². The number of alkyl halides is 2. The second kappa shape index (κ2) is 6.72. The van der Waals surface area contributed by atoms with Crippen LogP contribution >= 0.6 is 43.5 Å². The molecule has 1 nitrogen and oxygen atoms in total. The first-order valence-corrected chi connectivity index (χ1v) is 9.63. The van der Waals surface area contributed by atoms with Crippen LogP contribution < -0.4 is 4.90 Å². The number of fused-ring (bicyclic) bond motifs is 3. The first-order chi connectivity index (χ1) is 10.2. The molecule has 2 aromatic rings. The molecule has 1 aliphatic carbocycles. The second-order valence-electron chi connectivity index (χ2n) is 5.18. The topological polar surface area (TPSA) is 3.24 Å². The Balaban J connectivity index is 1.94. The van der Waals surface area contributed by atoms with Crippen molar-refractivity contribution >= 4 is 49.1 Å². The maximum atomic E-state index is 6.11. The van der Waals surface area contributed by atoms with Crippen molar-refractivity contribution in [3.63, 3.8) is 0 Å². The first kappa shape index (κ1) is 15.4. The molecule has 0 bridgehead atoms. The molecule has 0 heterocycles. The second-order valence-corrected chi connectivity index (χ2v) is 7.21. The highest BCUT2D eigenvalue weighted by molar-refractivity contribution is 9.09. The van der Waals surface area contributed by atoms with Crippen LogP contribution in [0.4, 0.5) is 5.69 Å². The fourth-order valence-corrected chi connectivity index (χ4v) is 3.99. The molecule has 0 radical (unpaired) electrons. The van der Waals surface area contributed by atoms with E-state index in [0.29, 0.717) is 0 Å². The fraction of sp³-hybridized carbons (Fsp3) is 0.294. The molecular formula is C17H16Br2ClN. The van der Waals surface area contributed by atoms with Crippen molar-refractivity contribution in [3.8, 4) is 11.1 Å². The number of anilines is 1. The first-order valence-electron chi connectivity index (χ1n) is 7.01. The molecule has 1 aliphatic rings. The highest BCUT2D eigenvalue weighted by Crippen LogP contribution is 2.39. The average Bonchev–Trinajstić information content (AvgIpc) is 2.83. The highest BCUT2D eigenvalue weighted by atomic mass is 79.9. The molecule has 0 spiro atoms. The van der Waals surface area contributed by atoms with Crippen LogP contribution in [-0.2, 0) is 6.42 Å². The summed E-state index contributed by atoms with van der Waals surface area (Å²) in [4.78, 5) is 2.40. The average molecular weight is 430 g/mol. The molecule has 0 saturated heterocycles. The Hall–Kier alpha value is -0.510. The van der Waals surface area contributed by atoms with Crippen molar-refractivity contribution in [2.75, 3.05) is 28.6 Å². The summed E-state index contributed by atoms with van der Waals surface area (Å²) >= 11 is 13.2. The minimum absolute atomic E-state index is 0.821. The van der Waals surface area contributed by atoms with E-state index in [2.05, 4.69) is 67.1 Å². The summed E-state index contributed by atoms with van der Waals surface area (Å²) in [5.74, 6) is 0. The number of rotatable bonds is 5. The maximum Gasteiger partial charge on any atom is 0.0409 e. The standard InChI is InChI=1S/C17H16Br2ClN/c18-5-7-21(8-6-19)15-2-4-17-13(11-15)9-12-10-14(20)1-3-16(12)17/h1-4,10-11H,5-9H2. The summed E-state index contributed by atoms with van der Waals surface area (Å²) in [5, 5.41) is 2.78. The van der Waals surface area contributed by atoms with Crippen molar-refractivity contribution in [1.82, 2.24) is 0 Å². The maximum absolute atomic E-state index is 6.11. The number of nitrogens with zero attached hydrogens (tertiary/aromatic N) is 1. The van der Waals surface area contributed by atoms with E-state index in [0.717, 1.165) is 35.2 Å². The SMILES string of the molecule is Clc1ccc2c(c1)Cc1cc(N(CCBr)CCBr)ccc1-2. The quantitative estimate of drug-likeness (QED) is 0.484. The lowest BCUT2D eigenvalue weighted by Crippen LogP contribution is -2.27. The molecule has 0 N–H and O–H groups in total. The van der Waals surface area contributed by atoms with Crippen molar-refractivity contribution in [3.05, 3.63) is 52.5 Å². The van der Waals surface area contributed by atoms with Crippen LogP contribution in [-0.4, -0.2) is 23.7 Å². The van der Waals surface area contributed by atoms with Gasteiger partial charge in [-0.2, -0.15) is 0 Å². The van der Waals surface area contributed by atoms with Gasteiger partial charge in [0.2, 0.25) is 0 Å². The lowest BCUT2D eigenvalue weighted by atomic mass is 10.1. The molecule has 4 heteroatoms. The summed E-state index contributed by atoms with van der Waals surface area (Å²) < 4.78 is 0. The minimum Gasteiger partial charge on any atom is -0.370 e. The smallest absolute Gasteiger partial charge is 0.0409 e. The Kier molecular flexibility index (Phi) is 4.92. The molecule has 0 fully saturated rings. The van der Waals surface area contributed by atoms with E-state index in [1.807, 2.05) is 6.07 Å². The normalized spacial score (nSPS) is 12.1. The molecule has 0 amide bonds. The third kappa shape index (κ3) is 3.15. The Morgan fingerprint density at radius 3 is 2.19 bits per heavy atom. The van der Waals surface area contributed by atoms with E-state index in [9.17, 15) is 0 Å². The van der Waals surface area contributed by atoms with Gasteiger partial charge in [0.1, 0.15) is 0 Å². The molecule has 0 unspecified atom stereocenters. The summed E-state index contributed by atoms with van der Waals surface area (Å²) in [7, 11) is 0. The van der Waals surface area contributed by atoms with E-state index in [1.165, 1.54) is 27.9 Å². The zero-order valence-electron chi connectivity index (χ0n) is 11.6. The number of benzene rings is 2. The van der Waals surface area contributed by atoms with Crippen LogP contribution in [0.2, 0.25) is 5.02 Å². The molecule has 110 valence electrons. The monoisotopic (exact) mass is 427 g/mol. The molecule has 0 saturated carbocycles. The van der Waals surface area contributed by atoms with Gasteiger partial charge in [0, 0.05) is 34.5 Å². The van der Waals surface area contributed by atoms with Gasteiger partial charge in [-0.05, 0) is 52.9 Å². The van der Waals surface area contributed by atoms with Crippen LogP contribution in [0.5, 0.6) is 0 Å². The Labute approximate surface area is 147 Å². The van der Waals surface area contributed by atoms with Crippen LogP contribution in [0.25, 0.3) is 11.1 Å². The Bertz CT molecular complexity index is 651. The molecule has 0 atom stereocenters. The van der Waals surface area contributed by atoms with E-state index >= 15 is 0 Å². The van der Waals surface area contributed by atoms with E-state index in [-0.39, 0.29) is 0 Å². The van der Waals surface area contributed by atoms with Crippen LogP contribution in [0.15, 0.2) is 36.4 Å². The largest absolute Gasteiger partial charge is 0.370 e. The number of halogens is 3. The van der Waals surface area contributed by atoms with Crippen molar-refractivity contribution in [1.29, 1.82) is 0 Å². The Morgan fingerprint density at radius 1 is 0.905 bits per heavy atom. The Morgan fingerprint density at radius 2 is 1.52 bits per heavy atom. The third-order valence-corrected chi connectivity index (χ3v) is 4.85. The molecule has 0 aliphatic heterocycles. The van der Waals surface area contributed by atoms with Crippen LogP contribution in [0.1, 0.15) is 11.1 Å². The van der Waals surface area contributed by atoms with Crippen LogP contribution in [0.3, 0.4) is 0 Å². The molecule has 0 aromatic heterocycles. The van der Waals surface area contributed by atoms with E-state index < -0.39 is 0 Å². The molecule has 3 rings (SSSR count). The van der Waals surface area contributed by atoms with E-state index in [4.69, 9.17) is 11.6 Å². The van der Waals surface area contributed by atoms with E-state index in [1.54, 1.807) is 0 Å². The number of hydrogen-bond acceptors (Lipinski definition) is 1. The highest BCUT2D eigenvalue weighted by Gasteiger charge is 2.19. The van der Waals surface area contributed by atoms with Gasteiger partial charge in [-0.25, -0.2) is 0 Å². The summed E-state index contributed by atoms with van der Waals surface area (Å²) in [6.07, 6.45) is 0.982. The third-order valence-electron chi connectivity index (χ3n) is 3.90. The minimum atomic E-state index is 0.821. The fourth-order valence-electron chi connectivity index (χ4n) is 2.94. The lowest BCUT2D eigenvalue weighted by Gasteiger charge is -2.23. The molecule has 2 aromatic carbocycles. The molecular weight excluding hydrogens is 413 g/mol. The van der Waals surface area contributed by atoms with Gasteiger partial charge in [-0.1, -0.05) is 55.6 Å². The van der Waals surface area contributed by atoms with Crippen molar-refractivity contribution in [2.45, 2.75) is 6.42 Å².